The van der Waals surface area contributed by atoms with Crippen molar-refractivity contribution in [2.24, 2.45) is 0 Å². The summed E-state index contributed by atoms with van der Waals surface area (Å²) in [5.41, 5.74) is -0.0361. The predicted octanol–water partition coefficient (Wildman–Crippen LogP) is 2.62. The van der Waals surface area contributed by atoms with E-state index in [9.17, 15) is 10.1 Å². The third kappa shape index (κ3) is 3.73. The monoisotopic (exact) mass is 306 g/mol. The zero-order valence-electron chi connectivity index (χ0n) is 8.59. The zero-order valence-corrected chi connectivity index (χ0v) is 11.0. The first-order valence-electron chi connectivity index (χ1n) is 4.62. The molecular formula is C9H11BrN2O3S. The van der Waals surface area contributed by atoms with Gasteiger partial charge in [-0.25, -0.2) is 4.98 Å². The number of pyridine rings is 1. The number of aliphatic hydroxyl groups excluding tert-OH is 1. The summed E-state index contributed by atoms with van der Waals surface area (Å²) in [6.07, 6.45) is 1.90. The minimum atomic E-state index is -0.483. The Bertz CT molecular complexity index is 389. The largest absolute Gasteiger partial charge is 0.396 e. The molecule has 0 radical (unpaired) electrons. The molecule has 5 nitrogen and oxygen atoms in total. The molecule has 1 heterocycles. The molecule has 0 saturated heterocycles. The molecule has 7 heteroatoms. The first kappa shape index (κ1) is 13.4. The normalized spacial score (nSPS) is 12.4. The Balaban J connectivity index is 2.79. The quantitative estimate of drug-likeness (QED) is 0.514. The summed E-state index contributed by atoms with van der Waals surface area (Å²) in [6.45, 7) is 2.09. The number of hydrogen-bond donors (Lipinski definition) is 1. The SMILES string of the molecule is C[C@@H](CCO)Sc1ncc([N+](=O)[O-])cc1Br. The van der Waals surface area contributed by atoms with Crippen LogP contribution in [-0.2, 0) is 0 Å². The van der Waals surface area contributed by atoms with Crippen molar-refractivity contribution in [3.8, 4) is 0 Å². The molecule has 0 bridgehead atoms. The van der Waals surface area contributed by atoms with Gasteiger partial charge < -0.3 is 5.11 Å². The van der Waals surface area contributed by atoms with Gasteiger partial charge in [-0.15, -0.1) is 11.8 Å². The maximum absolute atomic E-state index is 10.5. The third-order valence-corrected chi connectivity index (χ3v) is 3.91. The Morgan fingerprint density at radius 3 is 2.94 bits per heavy atom. The van der Waals surface area contributed by atoms with Crippen LogP contribution < -0.4 is 0 Å². The highest BCUT2D eigenvalue weighted by Crippen LogP contribution is 2.31. The van der Waals surface area contributed by atoms with Crippen molar-refractivity contribution in [1.29, 1.82) is 0 Å². The second-order valence-corrected chi connectivity index (χ2v) is 5.46. The van der Waals surface area contributed by atoms with E-state index in [4.69, 9.17) is 5.11 Å². The minimum absolute atomic E-state index is 0.0361. The Labute approximate surface area is 106 Å². The second-order valence-electron chi connectivity index (χ2n) is 3.18. The predicted molar refractivity (Wildman–Crippen MR) is 65.6 cm³/mol. The molecule has 0 spiro atoms. The van der Waals surface area contributed by atoms with Crippen molar-refractivity contribution in [2.45, 2.75) is 23.6 Å². The molecule has 1 rings (SSSR count). The van der Waals surface area contributed by atoms with E-state index in [1.54, 1.807) is 0 Å². The molecule has 88 valence electrons. The lowest BCUT2D eigenvalue weighted by molar-refractivity contribution is -0.385. The smallest absolute Gasteiger partial charge is 0.288 e. The van der Waals surface area contributed by atoms with Gasteiger partial charge in [0, 0.05) is 17.9 Å². The topological polar surface area (TPSA) is 76.3 Å². The van der Waals surface area contributed by atoms with Crippen molar-refractivity contribution in [3.05, 3.63) is 26.9 Å². The van der Waals surface area contributed by atoms with E-state index in [1.807, 2.05) is 6.92 Å². The number of aromatic nitrogens is 1. The van der Waals surface area contributed by atoms with Crippen molar-refractivity contribution in [3.63, 3.8) is 0 Å². The Hall–Kier alpha value is -0.660. The van der Waals surface area contributed by atoms with Crippen LogP contribution in [0.2, 0.25) is 0 Å². The molecule has 0 aliphatic rings. The highest BCUT2D eigenvalue weighted by atomic mass is 79.9. The Morgan fingerprint density at radius 2 is 2.44 bits per heavy atom. The number of hydrogen-bond acceptors (Lipinski definition) is 5. The van der Waals surface area contributed by atoms with Crippen LogP contribution in [0.25, 0.3) is 0 Å². The molecule has 0 amide bonds. The van der Waals surface area contributed by atoms with Gasteiger partial charge in [0.15, 0.2) is 0 Å². The molecule has 0 aliphatic heterocycles. The highest BCUT2D eigenvalue weighted by Gasteiger charge is 2.13. The van der Waals surface area contributed by atoms with Gasteiger partial charge in [0.2, 0.25) is 0 Å². The number of thioether (sulfide) groups is 1. The van der Waals surface area contributed by atoms with E-state index in [0.717, 1.165) is 0 Å². The fourth-order valence-electron chi connectivity index (χ4n) is 1.03. The third-order valence-electron chi connectivity index (χ3n) is 1.85. The standard InChI is InChI=1S/C9H11BrN2O3S/c1-6(2-3-13)16-9-8(10)4-7(5-11-9)12(14)15/h4-6,13H,2-3H2,1H3/t6-/m0/s1. The van der Waals surface area contributed by atoms with E-state index < -0.39 is 4.92 Å². The summed E-state index contributed by atoms with van der Waals surface area (Å²) in [5.74, 6) is 0. The van der Waals surface area contributed by atoms with Crippen LogP contribution >= 0.6 is 27.7 Å². The van der Waals surface area contributed by atoms with Crippen LogP contribution in [-0.4, -0.2) is 26.9 Å². The summed E-state index contributed by atoms with van der Waals surface area (Å²) >= 11 is 4.72. The van der Waals surface area contributed by atoms with Crippen molar-refractivity contribution in [2.75, 3.05) is 6.61 Å². The summed E-state index contributed by atoms with van der Waals surface area (Å²) in [6, 6.07) is 1.43. The number of halogens is 1. The first-order chi connectivity index (χ1) is 7.54. The molecular weight excluding hydrogens is 296 g/mol. The molecule has 0 fully saturated rings. The Morgan fingerprint density at radius 1 is 1.75 bits per heavy atom. The van der Waals surface area contributed by atoms with Gasteiger partial charge in [-0.2, -0.15) is 0 Å². The average molecular weight is 307 g/mol. The van der Waals surface area contributed by atoms with Crippen LogP contribution in [0.5, 0.6) is 0 Å². The summed E-state index contributed by atoms with van der Waals surface area (Å²) in [7, 11) is 0. The fourth-order valence-corrected chi connectivity index (χ4v) is 2.54. The lowest BCUT2D eigenvalue weighted by atomic mass is 10.3. The van der Waals surface area contributed by atoms with Gasteiger partial charge in [0.05, 0.1) is 9.40 Å². The lowest BCUT2D eigenvalue weighted by Crippen LogP contribution is -2.00. The first-order valence-corrected chi connectivity index (χ1v) is 6.29. The molecule has 0 aliphatic carbocycles. The van der Waals surface area contributed by atoms with Gasteiger partial charge in [0.25, 0.3) is 5.69 Å². The van der Waals surface area contributed by atoms with Gasteiger partial charge >= 0.3 is 0 Å². The van der Waals surface area contributed by atoms with Gasteiger partial charge in [-0.1, -0.05) is 6.92 Å². The Kier molecular flexibility index (Phi) is 5.17. The van der Waals surface area contributed by atoms with Gasteiger partial charge in [-0.3, -0.25) is 10.1 Å². The fraction of sp³-hybridized carbons (Fsp3) is 0.444. The number of nitrogens with zero attached hydrogens (tertiary/aromatic N) is 2. The molecule has 0 unspecified atom stereocenters. The maximum atomic E-state index is 10.5. The number of nitro groups is 1. The second kappa shape index (κ2) is 6.17. The van der Waals surface area contributed by atoms with E-state index in [-0.39, 0.29) is 17.5 Å². The van der Waals surface area contributed by atoms with Crippen LogP contribution in [0.15, 0.2) is 21.8 Å². The van der Waals surface area contributed by atoms with Gasteiger partial charge in [-0.05, 0) is 22.4 Å². The van der Waals surface area contributed by atoms with Crippen LogP contribution in [0, 0.1) is 10.1 Å². The molecule has 16 heavy (non-hydrogen) atoms. The van der Waals surface area contributed by atoms with Crippen LogP contribution in [0.1, 0.15) is 13.3 Å². The summed E-state index contributed by atoms with van der Waals surface area (Å²) in [4.78, 5) is 14.0. The lowest BCUT2D eigenvalue weighted by Gasteiger charge is -2.09. The summed E-state index contributed by atoms with van der Waals surface area (Å²) in [5, 5.41) is 20.2. The van der Waals surface area contributed by atoms with E-state index in [2.05, 4.69) is 20.9 Å². The molecule has 0 aromatic carbocycles. The molecule has 1 atom stereocenters. The summed E-state index contributed by atoms with van der Waals surface area (Å²) < 4.78 is 0.608. The van der Waals surface area contributed by atoms with E-state index in [0.29, 0.717) is 15.9 Å². The van der Waals surface area contributed by atoms with E-state index in [1.165, 1.54) is 24.0 Å². The molecule has 0 saturated carbocycles. The highest BCUT2D eigenvalue weighted by molar-refractivity contribution is 9.10. The minimum Gasteiger partial charge on any atom is -0.396 e. The number of aliphatic hydroxyl groups is 1. The van der Waals surface area contributed by atoms with Crippen molar-refractivity contribution >= 4 is 33.4 Å². The maximum Gasteiger partial charge on any atom is 0.288 e. The van der Waals surface area contributed by atoms with Gasteiger partial charge in [0.1, 0.15) is 11.2 Å². The average Bonchev–Trinajstić information content (AvgIpc) is 2.21. The zero-order chi connectivity index (χ0) is 12.1. The van der Waals surface area contributed by atoms with Crippen molar-refractivity contribution < 1.29 is 10.0 Å². The molecule has 1 N–H and O–H groups in total. The van der Waals surface area contributed by atoms with Crippen LogP contribution in [0.3, 0.4) is 0 Å². The van der Waals surface area contributed by atoms with Crippen LogP contribution in [0.4, 0.5) is 5.69 Å². The van der Waals surface area contributed by atoms with Crippen molar-refractivity contribution in [1.82, 2.24) is 4.98 Å². The van der Waals surface area contributed by atoms with E-state index >= 15 is 0 Å². The number of rotatable bonds is 5. The molecule has 1 aromatic heterocycles. The molecule has 1 aromatic rings.